The Morgan fingerprint density at radius 1 is 0.614 bits per heavy atom. The highest BCUT2D eigenvalue weighted by Crippen LogP contribution is 2.40. The molecule has 2 heterocycles. The van der Waals surface area contributed by atoms with Crippen molar-refractivity contribution in [1.82, 2.24) is 9.97 Å². The molecular formula is C38H32N2O4. The van der Waals surface area contributed by atoms with Crippen LogP contribution >= 0.6 is 0 Å². The van der Waals surface area contributed by atoms with E-state index in [9.17, 15) is 19.8 Å². The van der Waals surface area contributed by atoms with Crippen LogP contribution in [0.1, 0.15) is 81.0 Å². The summed E-state index contributed by atoms with van der Waals surface area (Å²) in [6, 6.07) is 23.2. The van der Waals surface area contributed by atoms with Crippen LogP contribution in [0, 0.1) is 11.8 Å². The Morgan fingerprint density at radius 3 is 1.39 bits per heavy atom. The number of carbonyl (C=O) groups is 2. The van der Waals surface area contributed by atoms with Gasteiger partial charge in [0.1, 0.15) is 0 Å². The van der Waals surface area contributed by atoms with Gasteiger partial charge in [-0.3, -0.25) is 0 Å². The highest BCUT2D eigenvalue weighted by Gasteiger charge is 2.29. The van der Waals surface area contributed by atoms with Crippen LogP contribution in [0.15, 0.2) is 72.8 Å². The van der Waals surface area contributed by atoms with Crippen molar-refractivity contribution < 1.29 is 19.8 Å². The normalized spacial score (nSPS) is 19.7. The molecule has 5 aromatic rings. The second-order valence-corrected chi connectivity index (χ2v) is 12.3. The molecule has 2 aliphatic rings. The van der Waals surface area contributed by atoms with Crippen LogP contribution in [0.25, 0.3) is 45.1 Å². The summed E-state index contributed by atoms with van der Waals surface area (Å²) in [7, 11) is 0. The van der Waals surface area contributed by atoms with E-state index in [4.69, 9.17) is 9.97 Å². The van der Waals surface area contributed by atoms with Crippen LogP contribution in [0.2, 0.25) is 0 Å². The number of fused-ring (bicyclic) bond motifs is 4. The van der Waals surface area contributed by atoms with Gasteiger partial charge in [-0.25, -0.2) is 19.6 Å². The Hall–Kier alpha value is -5.10. The van der Waals surface area contributed by atoms with E-state index in [1.807, 2.05) is 48.5 Å². The minimum atomic E-state index is -0.915. The lowest BCUT2D eigenvalue weighted by atomic mass is 9.80. The first-order valence-electron chi connectivity index (χ1n) is 15.1. The maximum Gasteiger partial charge on any atom is 0.336 e. The number of benzene rings is 3. The lowest BCUT2D eigenvalue weighted by Crippen LogP contribution is -2.17. The Morgan fingerprint density at radius 2 is 1.00 bits per heavy atom. The number of nitrogens with zero attached hydrogens (tertiary/aromatic N) is 2. The molecule has 0 radical (unpaired) electrons. The average molecular weight is 581 g/mol. The smallest absolute Gasteiger partial charge is 0.336 e. The van der Waals surface area contributed by atoms with Gasteiger partial charge in [-0.05, 0) is 95.2 Å². The topological polar surface area (TPSA) is 100 Å². The summed E-state index contributed by atoms with van der Waals surface area (Å²) in [4.78, 5) is 34.7. The second-order valence-electron chi connectivity index (χ2n) is 12.3. The molecule has 6 nitrogen and oxygen atoms in total. The van der Waals surface area contributed by atoms with Gasteiger partial charge in [0, 0.05) is 10.8 Å². The third-order valence-electron chi connectivity index (χ3n) is 8.88. The number of para-hydroxylation sites is 2. The minimum absolute atomic E-state index is 0.298. The van der Waals surface area contributed by atoms with E-state index in [1.54, 1.807) is 0 Å². The van der Waals surface area contributed by atoms with Gasteiger partial charge in [-0.15, -0.1) is 0 Å². The van der Waals surface area contributed by atoms with E-state index in [0.717, 1.165) is 57.6 Å². The quantitative estimate of drug-likeness (QED) is 0.221. The molecule has 2 N–H and O–H groups in total. The van der Waals surface area contributed by atoms with Crippen LogP contribution in [-0.2, 0) is 12.8 Å². The zero-order valence-electron chi connectivity index (χ0n) is 24.7. The lowest BCUT2D eigenvalue weighted by molar-refractivity contribution is 0.0686. The molecule has 2 atom stereocenters. The second kappa shape index (κ2) is 10.9. The summed E-state index contributed by atoms with van der Waals surface area (Å²) in [5.74, 6) is -1.23. The van der Waals surface area contributed by atoms with Gasteiger partial charge in [0.05, 0.1) is 33.5 Å². The Bertz CT molecular complexity index is 1910. The number of aromatic carboxylic acids is 2. The number of hydrogen-bond acceptors (Lipinski definition) is 4. The van der Waals surface area contributed by atoms with Crippen LogP contribution in [0.5, 0.6) is 0 Å². The van der Waals surface area contributed by atoms with Crippen molar-refractivity contribution in [1.29, 1.82) is 0 Å². The molecule has 6 heteroatoms. The van der Waals surface area contributed by atoms with Crippen molar-refractivity contribution in [3.8, 4) is 0 Å². The SMILES string of the molecule is C[C@@H]1C/C(=C/c2ccc(/C=C3/C[C@@H](C)Cc4c3nc3ccccc3c4C(=O)O)cc2)c2nc3ccccc3c(C(=O)O)c2C1. The molecule has 218 valence electrons. The van der Waals surface area contributed by atoms with E-state index >= 15 is 0 Å². The molecule has 0 amide bonds. The van der Waals surface area contributed by atoms with Gasteiger partial charge in [-0.1, -0.05) is 74.5 Å². The zero-order chi connectivity index (χ0) is 30.5. The van der Waals surface area contributed by atoms with E-state index in [1.165, 1.54) is 0 Å². The Balaban J connectivity index is 1.28. The molecule has 3 aromatic carbocycles. The van der Waals surface area contributed by atoms with Crippen molar-refractivity contribution in [2.75, 3.05) is 0 Å². The van der Waals surface area contributed by atoms with E-state index in [0.29, 0.717) is 57.6 Å². The summed E-state index contributed by atoms with van der Waals surface area (Å²) in [5.41, 5.74) is 9.43. The number of allylic oxidation sites excluding steroid dienone is 2. The number of carboxylic acid groups (broad SMARTS) is 2. The number of carboxylic acids is 2. The summed E-state index contributed by atoms with van der Waals surface area (Å²) < 4.78 is 0. The third-order valence-corrected chi connectivity index (χ3v) is 8.88. The summed E-state index contributed by atoms with van der Waals surface area (Å²) in [5, 5.41) is 21.7. The molecule has 2 aliphatic carbocycles. The van der Waals surface area contributed by atoms with E-state index < -0.39 is 11.9 Å². The first kappa shape index (κ1) is 27.7. The van der Waals surface area contributed by atoms with Gasteiger partial charge >= 0.3 is 11.9 Å². The van der Waals surface area contributed by atoms with E-state index in [2.05, 4.69) is 50.3 Å². The van der Waals surface area contributed by atoms with E-state index in [-0.39, 0.29) is 0 Å². The van der Waals surface area contributed by atoms with Gasteiger partial charge in [-0.2, -0.15) is 0 Å². The fourth-order valence-electron chi connectivity index (χ4n) is 7.05. The number of hydrogen-bond donors (Lipinski definition) is 2. The zero-order valence-corrected chi connectivity index (χ0v) is 24.7. The van der Waals surface area contributed by atoms with Crippen LogP contribution in [0.4, 0.5) is 0 Å². The first-order chi connectivity index (χ1) is 21.3. The maximum atomic E-state index is 12.4. The van der Waals surface area contributed by atoms with Crippen molar-refractivity contribution in [3.63, 3.8) is 0 Å². The number of pyridine rings is 2. The maximum absolute atomic E-state index is 12.4. The molecule has 0 saturated heterocycles. The van der Waals surface area contributed by atoms with Crippen molar-refractivity contribution >= 4 is 57.0 Å². The molecule has 0 saturated carbocycles. The molecule has 0 fully saturated rings. The number of rotatable bonds is 4. The molecule has 0 unspecified atom stereocenters. The fourth-order valence-corrected chi connectivity index (χ4v) is 7.05. The molecule has 0 bridgehead atoms. The molecule has 7 rings (SSSR count). The molecule has 44 heavy (non-hydrogen) atoms. The summed E-state index contributed by atoms with van der Waals surface area (Å²) in [6.07, 6.45) is 7.27. The largest absolute Gasteiger partial charge is 0.478 e. The molecule has 0 aliphatic heterocycles. The first-order valence-corrected chi connectivity index (χ1v) is 15.1. The van der Waals surface area contributed by atoms with Gasteiger partial charge < -0.3 is 10.2 Å². The Kier molecular flexibility index (Phi) is 6.85. The predicted molar refractivity (Wildman–Crippen MR) is 175 cm³/mol. The van der Waals surface area contributed by atoms with Crippen LogP contribution in [0.3, 0.4) is 0 Å². The fraction of sp³-hybridized carbons (Fsp3) is 0.211. The van der Waals surface area contributed by atoms with Crippen molar-refractivity contribution in [3.05, 3.63) is 118 Å². The van der Waals surface area contributed by atoms with Crippen LogP contribution in [-0.4, -0.2) is 32.1 Å². The third kappa shape index (κ3) is 4.86. The van der Waals surface area contributed by atoms with Gasteiger partial charge in [0.15, 0.2) is 0 Å². The average Bonchev–Trinajstić information content (AvgIpc) is 2.99. The standard InChI is InChI=1S/C38H32N2O4/c1-21-15-25(35-29(17-21)33(37(41)42)27-7-3-5-9-31(27)39-35)19-23-11-13-24(14-12-23)20-26-16-22(2)18-30-34(38(43)44)28-8-4-6-10-32(28)40-36(26)30/h3-14,19-22H,15-18H2,1-2H3,(H,41,42)(H,43,44)/b25-19-,26-20-/t21-,22-/m1/s1. The lowest BCUT2D eigenvalue weighted by Gasteiger charge is -2.26. The summed E-state index contributed by atoms with van der Waals surface area (Å²) >= 11 is 0. The monoisotopic (exact) mass is 580 g/mol. The molecule has 0 spiro atoms. The highest BCUT2D eigenvalue weighted by atomic mass is 16.4. The number of aromatic nitrogens is 2. The van der Waals surface area contributed by atoms with Crippen molar-refractivity contribution in [2.24, 2.45) is 11.8 Å². The minimum Gasteiger partial charge on any atom is -0.478 e. The van der Waals surface area contributed by atoms with Gasteiger partial charge in [0.2, 0.25) is 0 Å². The molecule has 2 aromatic heterocycles. The Labute approximate surface area is 255 Å². The summed E-state index contributed by atoms with van der Waals surface area (Å²) in [6.45, 7) is 4.31. The van der Waals surface area contributed by atoms with Crippen LogP contribution < -0.4 is 0 Å². The predicted octanol–water partition coefficient (Wildman–Crippen LogP) is 8.43. The highest BCUT2D eigenvalue weighted by molar-refractivity contribution is 6.07. The van der Waals surface area contributed by atoms with Gasteiger partial charge in [0.25, 0.3) is 0 Å². The molecular weight excluding hydrogens is 548 g/mol. The van der Waals surface area contributed by atoms with Crippen molar-refractivity contribution in [2.45, 2.75) is 39.5 Å².